The molecular formula is C9H16ClNO4. The Labute approximate surface area is 94.9 Å². The highest BCUT2D eigenvalue weighted by molar-refractivity contribution is 5.85. The first kappa shape index (κ1) is 14.2. The third-order valence-corrected chi connectivity index (χ3v) is 2.36. The molecule has 0 aromatic rings. The molecule has 1 aliphatic rings. The lowest BCUT2D eigenvalue weighted by Crippen LogP contribution is -2.50. The Morgan fingerprint density at radius 3 is 1.80 bits per heavy atom. The van der Waals surface area contributed by atoms with Crippen LogP contribution in [0.15, 0.2) is 0 Å². The molecule has 0 amide bonds. The van der Waals surface area contributed by atoms with Crippen LogP contribution in [0.25, 0.3) is 0 Å². The van der Waals surface area contributed by atoms with E-state index in [1.54, 1.807) is 0 Å². The van der Waals surface area contributed by atoms with Crippen LogP contribution in [-0.2, 0) is 19.1 Å². The Bertz CT molecular complexity index is 212. The van der Waals surface area contributed by atoms with Crippen molar-refractivity contribution < 1.29 is 19.1 Å². The van der Waals surface area contributed by atoms with Gasteiger partial charge in [0.25, 0.3) is 0 Å². The average molecular weight is 238 g/mol. The molecule has 0 spiro atoms. The van der Waals surface area contributed by atoms with Gasteiger partial charge in [0.05, 0.1) is 14.2 Å². The van der Waals surface area contributed by atoms with Crippen LogP contribution in [0.3, 0.4) is 0 Å². The van der Waals surface area contributed by atoms with Crippen molar-refractivity contribution in [2.24, 2.45) is 0 Å². The van der Waals surface area contributed by atoms with Crippen molar-refractivity contribution in [1.29, 1.82) is 0 Å². The quantitative estimate of drug-likeness (QED) is 0.699. The van der Waals surface area contributed by atoms with Crippen LogP contribution in [0.2, 0.25) is 0 Å². The zero-order valence-corrected chi connectivity index (χ0v) is 9.63. The SMILES string of the molecule is COC(=O)[C@@H]1CCC[C@H](C(=O)OC)N1.Cl. The van der Waals surface area contributed by atoms with Crippen molar-refractivity contribution in [1.82, 2.24) is 5.32 Å². The van der Waals surface area contributed by atoms with Gasteiger partial charge in [0, 0.05) is 0 Å². The summed E-state index contributed by atoms with van der Waals surface area (Å²) < 4.78 is 9.20. The van der Waals surface area contributed by atoms with Gasteiger partial charge in [-0.25, -0.2) is 0 Å². The second-order valence-electron chi connectivity index (χ2n) is 3.25. The summed E-state index contributed by atoms with van der Waals surface area (Å²) in [5, 5.41) is 2.91. The molecule has 88 valence electrons. The maximum absolute atomic E-state index is 11.2. The Morgan fingerprint density at radius 2 is 1.47 bits per heavy atom. The summed E-state index contributed by atoms with van der Waals surface area (Å²) in [7, 11) is 2.68. The first-order valence-electron chi connectivity index (χ1n) is 4.60. The van der Waals surface area contributed by atoms with Gasteiger partial charge < -0.3 is 9.47 Å². The van der Waals surface area contributed by atoms with Crippen LogP contribution in [-0.4, -0.2) is 38.2 Å². The van der Waals surface area contributed by atoms with Gasteiger partial charge in [0.2, 0.25) is 0 Å². The van der Waals surface area contributed by atoms with Crippen LogP contribution in [0.5, 0.6) is 0 Å². The predicted octanol–water partition coefficient (Wildman–Crippen LogP) is 0.265. The molecule has 0 saturated carbocycles. The van der Waals surface area contributed by atoms with Crippen molar-refractivity contribution in [2.75, 3.05) is 14.2 Å². The summed E-state index contributed by atoms with van der Waals surface area (Å²) in [5.41, 5.74) is 0. The number of rotatable bonds is 2. The number of carbonyl (C=O) groups is 2. The van der Waals surface area contributed by atoms with Gasteiger partial charge in [-0.2, -0.15) is 0 Å². The van der Waals surface area contributed by atoms with Gasteiger partial charge in [0.15, 0.2) is 0 Å². The van der Waals surface area contributed by atoms with E-state index in [2.05, 4.69) is 14.8 Å². The first-order chi connectivity index (χ1) is 6.69. The zero-order valence-electron chi connectivity index (χ0n) is 8.82. The first-order valence-corrected chi connectivity index (χ1v) is 4.60. The Balaban J connectivity index is 0.00000196. The average Bonchev–Trinajstić information content (AvgIpc) is 2.27. The third kappa shape index (κ3) is 3.68. The topological polar surface area (TPSA) is 64.6 Å². The van der Waals surface area contributed by atoms with E-state index in [0.29, 0.717) is 12.8 Å². The van der Waals surface area contributed by atoms with Crippen molar-refractivity contribution in [3.8, 4) is 0 Å². The van der Waals surface area contributed by atoms with E-state index in [1.165, 1.54) is 14.2 Å². The monoisotopic (exact) mass is 237 g/mol. The minimum Gasteiger partial charge on any atom is -0.468 e. The Hall–Kier alpha value is -0.810. The molecule has 1 fully saturated rings. The molecule has 6 heteroatoms. The smallest absolute Gasteiger partial charge is 0.322 e. The van der Waals surface area contributed by atoms with Crippen LogP contribution in [0.1, 0.15) is 19.3 Å². The highest BCUT2D eigenvalue weighted by Gasteiger charge is 2.31. The van der Waals surface area contributed by atoms with E-state index >= 15 is 0 Å². The molecule has 0 unspecified atom stereocenters. The van der Waals surface area contributed by atoms with E-state index in [0.717, 1.165) is 6.42 Å². The fraction of sp³-hybridized carbons (Fsp3) is 0.778. The molecule has 0 bridgehead atoms. The fourth-order valence-electron chi connectivity index (χ4n) is 1.59. The summed E-state index contributed by atoms with van der Waals surface area (Å²) in [6, 6.07) is -0.754. The van der Waals surface area contributed by atoms with E-state index in [1.807, 2.05) is 0 Å². The molecule has 1 rings (SSSR count). The predicted molar refractivity (Wildman–Crippen MR) is 55.8 cm³/mol. The standard InChI is InChI=1S/C9H15NO4.ClH/c1-13-8(11)6-4-3-5-7(10-6)9(12)14-2;/h6-7,10H,3-5H2,1-2H3;1H/t6-,7+;. The maximum Gasteiger partial charge on any atom is 0.322 e. The summed E-state index contributed by atoms with van der Waals surface area (Å²) in [6.45, 7) is 0. The summed E-state index contributed by atoms with van der Waals surface area (Å²) in [6.07, 6.45) is 2.24. The van der Waals surface area contributed by atoms with Gasteiger partial charge in [-0.3, -0.25) is 14.9 Å². The summed E-state index contributed by atoms with van der Waals surface area (Å²) in [4.78, 5) is 22.4. The molecule has 15 heavy (non-hydrogen) atoms. The molecule has 5 nitrogen and oxygen atoms in total. The molecule has 0 aromatic carbocycles. The number of methoxy groups -OCH3 is 2. The normalized spacial score (nSPS) is 24.9. The number of esters is 2. The van der Waals surface area contributed by atoms with Crippen LogP contribution in [0.4, 0.5) is 0 Å². The molecule has 2 atom stereocenters. The number of hydrogen-bond donors (Lipinski definition) is 1. The summed E-state index contributed by atoms with van der Waals surface area (Å²) >= 11 is 0. The molecule has 0 radical (unpaired) electrons. The van der Waals surface area contributed by atoms with Crippen LogP contribution in [0, 0.1) is 0 Å². The highest BCUT2D eigenvalue weighted by Crippen LogP contribution is 2.14. The van der Waals surface area contributed by atoms with E-state index in [4.69, 9.17) is 0 Å². The number of ether oxygens (including phenoxy) is 2. The molecule has 0 aromatic heterocycles. The van der Waals surface area contributed by atoms with Crippen molar-refractivity contribution in [2.45, 2.75) is 31.3 Å². The van der Waals surface area contributed by atoms with Gasteiger partial charge in [-0.15, -0.1) is 12.4 Å². The van der Waals surface area contributed by atoms with Gasteiger partial charge in [-0.05, 0) is 19.3 Å². The number of carbonyl (C=O) groups excluding carboxylic acids is 2. The Morgan fingerprint density at radius 1 is 1.07 bits per heavy atom. The van der Waals surface area contributed by atoms with E-state index < -0.39 is 0 Å². The molecule has 1 N–H and O–H groups in total. The van der Waals surface area contributed by atoms with Crippen molar-refractivity contribution >= 4 is 24.3 Å². The van der Waals surface area contributed by atoms with Gasteiger partial charge in [0.1, 0.15) is 12.1 Å². The molecule has 1 aliphatic heterocycles. The third-order valence-electron chi connectivity index (χ3n) is 2.36. The minimum absolute atomic E-state index is 0. The number of piperidine rings is 1. The largest absolute Gasteiger partial charge is 0.468 e. The number of hydrogen-bond acceptors (Lipinski definition) is 5. The van der Waals surface area contributed by atoms with E-state index in [9.17, 15) is 9.59 Å². The highest BCUT2D eigenvalue weighted by atomic mass is 35.5. The lowest BCUT2D eigenvalue weighted by atomic mass is 9.99. The van der Waals surface area contributed by atoms with Crippen LogP contribution >= 0.6 is 12.4 Å². The number of halogens is 1. The van der Waals surface area contributed by atoms with Crippen molar-refractivity contribution in [3.05, 3.63) is 0 Å². The summed E-state index contributed by atoms with van der Waals surface area (Å²) in [5.74, 6) is -0.641. The molecule has 1 heterocycles. The second kappa shape index (κ2) is 6.63. The minimum atomic E-state index is -0.377. The van der Waals surface area contributed by atoms with Crippen LogP contribution < -0.4 is 5.32 Å². The van der Waals surface area contributed by atoms with Crippen molar-refractivity contribution in [3.63, 3.8) is 0 Å². The lowest BCUT2D eigenvalue weighted by molar-refractivity contribution is -0.148. The fourth-order valence-corrected chi connectivity index (χ4v) is 1.59. The molecule has 0 aliphatic carbocycles. The second-order valence-corrected chi connectivity index (χ2v) is 3.25. The molecule has 1 saturated heterocycles. The molecular weight excluding hydrogens is 222 g/mol. The number of nitrogens with one attached hydrogen (secondary N) is 1. The van der Waals surface area contributed by atoms with Gasteiger partial charge >= 0.3 is 11.9 Å². The Kier molecular flexibility index (Phi) is 6.27. The van der Waals surface area contributed by atoms with Gasteiger partial charge in [-0.1, -0.05) is 0 Å². The lowest BCUT2D eigenvalue weighted by Gasteiger charge is -2.27. The van der Waals surface area contributed by atoms with E-state index in [-0.39, 0.29) is 36.4 Å². The zero-order chi connectivity index (χ0) is 10.6. The maximum atomic E-state index is 11.2.